The highest BCUT2D eigenvalue weighted by Gasteiger charge is 2.38. The van der Waals surface area contributed by atoms with E-state index in [9.17, 15) is 27.9 Å². The number of alkyl halides is 3. The molecule has 0 radical (unpaired) electrons. The van der Waals surface area contributed by atoms with Gasteiger partial charge in [0, 0.05) is 11.2 Å². The fourth-order valence-electron chi connectivity index (χ4n) is 2.53. The molecule has 0 aliphatic carbocycles. The van der Waals surface area contributed by atoms with Gasteiger partial charge in [-0.05, 0) is 42.5 Å². The van der Waals surface area contributed by atoms with Crippen LogP contribution in [0.5, 0.6) is 5.88 Å². The number of aromatic nitrogens is 2. The first-order valence-corrected chi connectivity index (χ1v) is 9.22. The number of anilines is 1. The van der Waals surface area contributed by atoms with Gasteiger partial charge in [0.05, 0.1) is 17.1 Å². The minimum atomic E-state index is -5.09. The van der Waals surface area contributed by atoms with E-state index in [1.54, 1.807) is 23.5 Å². The van der Waals surface area contributed by atoms with E-state index in [1.165, 1.54) is 30.3 Å². The molecule has 0 aliphatic heterocycles. The zero-order valence-electron chi connectivity index (χ0n) is 15.3. The van der Waals surface area contributed by atoms with Gasteiger partial charge < -0.3 is 10.4 Å². The Morgan fingerprint density at radius 1 is 1.23 bits per heavy atom. The van der Waals surface area contributed by atoms with Gasteiger partial charge in [0.2, 0.25) is 5.88 Å². The van der Waals surface area contributed by atoms with Gasteiger partial charge in [0.15, 0.2) is 4.77 Å². The summed E-state index contributed by atoms with van der Waals surface area (Å²) < 4.78 is 38.7. The zero-order valence-corrected chi connectivity index (χ0v) is 16.8. The van der Waals surface area contributed by atoms with E-state index >= 15 is 0 Å². The molecule has 1 aromatic heterocycles. The van der Waals surface area contributed by atoms with E-state index < -0.39 is 23.5 Å². The summed E-state index contributed by atoms with van der Waals surface area (Å²) in [7, 11) is 0. The Labute approximate surface area is 182 Å². The Bertz CT molecular complexity index is 1300. The number of carbonyl (C=O) groups excluding carboxylic acids is 1. The summed E-state index contributed by atoms with van der Waals surface area (Å²) >= 11 is 11.1. The molecule has 0 aliphatic rings. The van der Waals surface area contributed by atoms with Gasteiger partial charge in [-0.15, -0.1) is 0 Å². The maximum atomic E-state index is 12.5. The van der Waals surface area contributed by atoms with Gasteiger partial charge >= 0.3 is 12.1 Å². The third kappa shape index (κ3) is 5.01. The normalized spacial score (nSPS) is 11.6. The second-order valence-corrected chi connectivity index (χ2v) is 6.86. The number of aliphatic imine (C=N–C) groups is 1. The Morgan fingerprint density at radius 2 is 1.94 bits per heavy atom. The fourth-order valence-corrected chi connectivity index (χ4v) is 3.00. The number of aromatic hydroxyl groups is 1. The van der Waals surface area contributed by atoms with Crippen LogP contribution in [0.2, 0.25) is 5.02 Å². The molecular weight excluding hydrogens is 457 g/mol. The molecule has 160 valence electrons. The van der Waals surface area contributed by atoms with Crippen LogP contribution in [-0.2, 0) is 4.79 Å². The zero-order chi connectivity index (χ0) is 22.8. The molecule has 0 atom stereocenters. The minimum absolute atomic E-state index is 0.0735. The predicted molar refractivity (Wildman–Crippen MR) is 112 cm³/mol. The van der Waals surface area contributed by atoms with Gasteiger partial charge in [-0.2, -0.15) is 13.2 Å². The largest absolute Gasteiger partial charge is 0.494 e. The highest BCUT2D eigenvalue weighted by Crippen LogP contribution is 2.27. The number of nitrogens with one attached hydrogen (secondary N) is 2. The summed E-state index contributed by atoms with van der Waals surface area (Å²) in [4.78, 5) is 29.9. The minimum Gasteiger partial charge on any atom is -0.494 e. The molecule has 0 unspecified atom stereocenters. The molecule has 3 rings (SSSR count). The van der Waals surface area contributed by atoms with Crippen LogP contribution in [-0.4, -0.2) is 33.0 Å². The Balaban J connectivity index is 2.05. The van der Waals surface area contributed by atoms with Crippen molar-refractivity contribution >= 4 is 47.3 Å². The van der Waals surface area contributed by atoms with Gasteiger partial charge in [-0.3, -0.25) is 24.1 Å². The molecule has 7 nitrogen and oxygen atoms in total. The van der Waals surface area contributed by atoms with Crippen molar-refractivity contribution in [2.75, 3.05) is 5.32 Å². The Hall–Kier alpha value is -3.44. The van der Waals surface area contributed by atoms with E-state index in [0.717, 1.165) is 10.8 Å². The van der Waals surface area contributed by atoms with Crippen molar-refractivity contribution in [3.05, 3.63) is 74.2 Å². The molecule has 1 amide bonds. The summed E-state index contributed by atoms with van der Waals surface area (Å²) in [6.45, 7) is 0. The molecule has 12 heteroatoms. The first kappa shape index (κ1) is 22.2. The number of nitrogens with zero attached hydrogens (tertiary/aromatic N) is 2. The van der Waals surface area contributed by atoms with Crippen LogP contribution in [0.3, 0.4) is 0 Å². The third-order valence-corrected chi connectivity index (χ3v) is 4.45. The number of rotatable bonds is 4. The van der Waals surface area contributed by atoms with Crippen molar-refractivity contribution in [1.29, 1.82) is 0 Å². The number of halogens is 4. The standard InChI is InChI=1S/C19H12ClF3N4O3S/c20-10-4-3-5-11(8-10)27-16(29)12(15(28)26-18(27)31)9-24-13-6-1-2-7-14(13)25-17(30)19(21,22)23/h1-9,29H,(H,25,30)(H,26,28,31). The molecule has 3 N–H and O–H groups in total. The van der Waals surface area contributed by atoms with E-state index in [-0.39, 0.29) is 21.7 Å². The number of amides is 1. The number of benzene rings is 2. The maximum absolute atomic E-state index is 12.5. The van der Waals surface area contributed by atoms with E-state index in [2.05, 4.69) is 9.98 Å². The molecule has 1 heterocycles. The summed E-state index contributed by atoms with van der Waals surface area (Å²) in [6, 6.07) is 11.7. The first-order chi connectivity index (χ1) is 14.6. The number of hydrogen-bond donors (Lipinski definition) is 3. The summed E-state index contributed by atoms with van der Waals surface area (Å²) in [5, 5.41) is 12.7. The molecule has 0 fully saturated rings. The molecule has 31 heavy (non-hydrogen) atoms. The number of H-pyrrole nitrogens is 1. The fraction of sp³-hybridized carbons (Fsp3) is 0.0526. The average Bonchev–Trinajstić information content (AvgIpc) is 2.68. The number of aromatic amines is 1. The number of hydrogen-bond acceptors (Lipinski definition) is 5. The van der Waals surface area contributed by atoms with Crippen molar-refractivity contribution in [3.8, 4) is 11.6 Å². The highest BCUT2D eigenvalue weighted by molar-refractivity contribution is 7.71. The van der Waals surface area contributed by atoms with Crippen LogP contribution in [0.4, 0.5) is 24.5 Å². The van der Waals surface area contributed by atoms with Gasteiger partial charge in [-0.25, -0.2) is 0 Å². The molecule has 0 bridgehead atoms. The lowest BCUT2D eigenvalue weighted by molar-refractivity contribution is -0.167. The van der Waals surface area contributed by atoms with Crippen molar-refractivity contribution in [2.24, 2.45) is 4.99 Å². The lowest BCUT2D eigenvalue weighted by atomic mass is 10.2. The number of para-hydroxylation sites is 2. The van der Waals surface area contributed by atoms with Crippen molar-refractivity contribution < 1.29 is 23.1 Å². The van der Waals surface area contributed by atoms with Gasteiger partial charge in [0.1, 0.15) is 5.56 Å². The van der Waals surface area contributed by atoms with Crippen LogP contribution in [0.15, 0.2) is 58.3 Å². The summed E-state index contributed by atoms with van der Waals surface area (Å²) in [5.41, 5.74) is -1.04. The topological polar surface area (TPSA) is 99.5 Å². The smallest absolute Gasteiger partial charge is 0.471 e. The Kier molecular flexibility index (Phi) is 6.27. The molecule has 0 saturated heterocycles. The molecular formula is C19H12ClF3N4O3S. The quantitative estimate of drug-likeness (QED) is 0.387. The van der Waals surface area contributed by atoms with E-state index in [1.807, 2.05) is 0 Å². The monoisotopic (exact) mass is 468 g/mol. The summed E-state index contributed by atoms with van der Waals surface area (Å²) in [5.74, 6) is -2.73. The van der Waals surface area contributed by atoms with Crippen molar-refractivity contribution in [3.63, 3.8) is 0 Å². The Morgan fingerprint density at radius 3 is 2.61 bits per heavy atom. The second-order valence-electron chi connectivity index (χ2n) is 6.04. The van der Waals surface area contributed by atoms with Crippen LogP contribution in [0, 0.1) is 4.77 Å². The van der Waals surface area contributed by atoms with E-state index in [0.29, 0.717) is 10.7 Å². The predicted octanol–water partition coefficient (Wildman–Crippen LogP) is 4.51. The van der Waals surface area contributed by atoms with E-state index in [4.69, 9.17) is 23.8 Å². The molecule has 3 aromatic rings. The van der Waals surface area contributed by atoms with Gasteiger partial charge in [0.25, 0.3) is 5.56 Å². The SMILES string of the molecule is O=C(Nc1ccccc1N=Cc1c(O)n(-c2cccc(Cl)c2)c(=S)[nH]c1=O)C(F)(F)F. The number of carbonyl (C=O) groups is 1. The van der Waals surface area contributed by atoms with Crippen LogP contribution in [0.1, 0.15) is 5.56 Å². The maximum Gasteiger partial charge on any atom is 0.471 e. The second kappa shape index (κ2) is 8.74. The summed E-state index contributed by atoms with van der Waals surface area (Å²) in [6.07, 6.45) is -4.14. The first-order valence-electron chi connectivity index (χ1n) is 8.43. The van der Waals surface area contributed by atoms with Crippen LogP contribution < -0.4 is 10.9 Å². The molecule has 0 spiro atoms. The lowest BCUT2D eigenvalue weighted by Gasteiger charge is -2.12. The lowest BCUT2D eigenvalue weighted by Crippen LogP contribution is -2.29. The van der Waals surface area contributed by atoms with Gasteiger partial charge in [-0.1, -0.05) is 29.8 Å². The van der Waals surface area contributed by atoms with Crippen LogP contribution >= 0.6 is 23.8 Å². The third-order valence-electron chi connectivity index (χ3n) is 3.93. The van der Waals surface area contributed by atoms with Crippen molar-refractivity contribution in [2.45, 2.75) is 6.18 Å². The molecule has 0 saturated carbocycles. The van der Waals surface area contributed by atoms with Crippen molar-refractivity contribution in [1.82, 2.24) is 9.55 Å². The van der Waals surface area contributed by atoms with Crippen LogP contribution in [0.25, 0.3) is 5.69 Å². The highest BCUT2D eigenvalue weighted by atomic mass is 35.5. The molecule has 2 aromatic carbocycles. The average molecular weight is 469 g/mol.